The Morgan fingerprint density at radius 3 is 2.18 bits per heavy atom. The van der Waals surface area contributed by atoms with Gasteiger partial charge in [-0.3, -0.25) is 9.59 Å². The van der Waals surface area contributed by atoms with E-state index in [0.29, 0.717) is 10.4 Å². The molecule has 0 aliphatic rings. The van der Waals surface area contributed by atoms with Crippen LogP contribution in [0, 0.1) is 0 Å². The van der Waals surface area contributed by atoms with E-state index in [1.807, 2.05) is 0 Å². The molecule has 58 valence electrons. The van der Waals surface area contributed by atoms with Crippen LogP contribution in [0.4, 0.5) is 0 Å². The van der Waals surface area contributed by atoms with Crippen LogP contribution >= 0.6 is 11.3 Å². The highest BCUT2D eigenvalue weighted by molar-refractivity contribution is 7.12. The first-order valence-corrected chi connectivity index (χ1v) is 3.67. The van der Waals surface area contributed by atoms with Crippen molar-refractivity contribution in [3.8, 4) is 0 Å². The fraction of sp³-hybridized carbons (Fsp3) is 0. The highest BCUT2D eigenvalue weighted by Gasteiger charge is 2.07. The minimum atomic E-state index is -0.547. The second-order valence-corrected chi connectivity index (χ2v) is 2.84. The van der Waals surface area contributed by atoms with Crippen LogP contribution in [0.3, 0.4) is 0 Å². The average Bonchev–Trinajstić information content (AvgIpc) is 2.33. The summed E-state index contributed by atoms with van der Waals surface area (Å²) in [6.07, 6.45) is 0. The lowest BCUT2D eigenvalue weighted by atomic mass is 10.3. The van der Waals surface area contributed by atoms with Crippen LogP contribution in [0.25, 0.3) is 0 Å². The van der Waals surface area contributed by atoms with Gasteiger partial charge in [-0.05, 0) is 6.07 Å². The number of thiophene rings is 1. The first-order chi connectivity index (χ1) is 5.11. The minimum absolute atomic E-state index is 0.323. The maximum Gasteiger partial charge on any atom is 0.258 e. The number of hydrogen-bond acceptors (Lipinski definition) is 3. The van der Waals surface area contributed by atoms with Crippen molar-refractivity contribution in [1.82, 2.24) is 0 Å². The molecular formula is C6H6N2O2S. The first kappa shape index (κ1) is 7.74. The SMILES string of the molecule is NC(=O)c1csc(C(N)=O)c1. The van der Waals surface area contributed by atoms with Gasteiger partial charge in [0.05, 0.1) is 10.4 Å². The van der Waals surface area contributed by atoms with Gasteiger partial charge in [-0.2, -0.15) is 0 Å². The Morgan fingerprint density at radius 1 is 1.27 bits per heavy atom. The molecule has 5 heteroatoms. The molecule has 0 aromatic carbocycles. The van der Waals surface area contributed by atoms with Crippen molar-refractivity contribution in [3.05, 3.63) is 21.9 Å². The molecule has 0 saturated heterocycles. The third-order valence-corrected chi connectivity index (χ3v) is 2.07. The molecule has 4 nitrogen and oxygen atoms in total. The molecule has 2 amide bonds. The number of nitrogens with two attached hydrogens (primary N) is 2. The van der Waals surface area contributed by atoms with E-state index in [0.717, 1.165) is 11.3 Å². The van der Waals surface area contributed by atoms with Gasteiger partial charge in [0.1, 0.15) is 0 Å². The summed E-state index contributed by atoms with van der Waals surface area (Å²) < 4.78 is 0. The minimum Gasteiger partial charge on any atom is -0.366 e. The number of primary amides is 2. The van der Waals surface area contributed by atoms with Crippen molar-refractivity contribution in [2.75, 3.05) is 0 Å². The second-order valence-electron chi connectivity index (χ2n) is 1.93. The van der Waals surface area contributed by atoms with Crippen LogP contribution < -0.4 is 11.5 Å². The molecule has 11 heavy (non-hydrogen) atoms. The van der Waals surface area contributed by atoms with Gasteiger partial charge < -0.3 is 11.5 Å². The molecule has 0 aliphatic carbocycles. The summed E-state index contributed by atoms with van der Waals surface area (Å²) in [6.45, 7) is 0. The summed E-state index contributed by atoms with van der Waals surface area (Å²) in [5.41, 5.74) is 10.2. The molecule has 4 N–H and O–H groups in total. The summed E-state index contributed by atoms with van der Waals surface area (Å²) >= 11 is 1.11. The first-order valence-electron chi connectivity index (χ1n) is 2.79. The molecule has 1 aromatic heterocycles. The highest BCUT2D eigenvalue weighted by atomic mass is 32.1. The van der Waals surface area contributed by atoms with Gasteiger partial charge in [0.15, 0.2) is 0 Å². The Bertz CT molecular complexity index is 277. The van der Waals surface area contributed by atoms with Gasteiger partial charge in [0.25, 0.3) is 5.91 Å². The average molecular weight is 170 g/mol. The fourth-order valence-corrected chi connectivity index (χ4v) is 1.34. The standard InChI is InChI=1S/C6H6N2O2S/c7-5(9)3-1-4(6(8)10)11-2-3/h1-2H,(H2,7,9)(H2,8,10). The molecule has 0 unspecified atom stereocenters. The third kappa shape index (κ3) is 1.56. The van der Waals surface area contributed by atoms with Gasteiger partial charge in [-0.25, -0.2) is 0 Å². The molecule has 0 saturated carbocycles. The van der Waals surface area contributed by atoms with Gasteiger partial charge in [-0.15, -0.1) is 11.3 Å². The van der Waals surface area contributed by atoms with Crippen molar-refractivity contribution >= 4 is 23.2 Å². The number of hydrogen-bond donors (Lipinski definition) is 2. The largest absolute Gasteiger partial charge is 0.366 e. The molecule has 0 aliphatic heterocycles. The molecule has 1 rings (SSSR count). The van der Waals surface area contributed by atoms with Gasteiger partial charge in [0, 0.05) is 5.38 Å². The van der Waals surface area contributed by atoms with Crippen molar-refractivity contribution in [2.45, 2.75) is 0 Å². The molecule has 0 fully saturated rings. The summed E-state index contributed by atoms with van der Waals surface area (Å²) in [5.74, 6) is -1.09. The van der Waals surface area contributed by atoms with Crippen molar-refractivity contribution < 1.29 is 9.59 Å². The lowest BCUT2D eigenvalue weighted by molar-refractivity contribution is 0.0999. The summed E-state index contributed by atoms with van der Waals surface area (Å²) in [4.78, 5) is 21.4. The predicted octanol–water partition coefficient (Wildman–Crippen LogP) is -0.0541. The van der Waals surface area contributed by atoms with Crippen LogP contribution in [0.1, 0.15) is 20.0 Å². The number of carbonyl (C=O) groups excluding carboxylic acids is 2. The third-order valence-electron chi connectivity index (χ3n) is 1.13. The Labute approximate surface area is 66.8 Å². The zero-order chi connectivity index (χ0) is 8.43. The van der Waals surface area contributed by atoms with Crippen LogP contribution in [-0.2, 0) is 0 Å². The van der Waals surface area contributed by atoms with E-state index in [4.69, 9.17) is 11.5 Å². The zero-order valence-electron chi connectivity index (χ0n) is 5.53. The van der Waals surface area contributed by atoms with E-state index in [2.05, 4.69) is 0 Å². The molecule has 1 heterocycles. The molecule has 0 atom stereocenters. The van der Waals surface area contributed by atoms with E-state index < -0.39 is 11.8 Å². The van der Waals surface area contributed by atoms with Crippen molar-refractivity contribution in [1.29, 1.82) is 0 Å². The smallest absolute Gasteiger partial charge is 0.258 e. The molecular weight excluding hydrogens is 164 g/mol. The highest BCUT2D eigenvalue weighted by Crippen LogP contribution is 2.12. The van der Waals surface area contributed by atoms with E-state index >= 15 is 0 Å². The van der Waals surface area contributed by atoms with E-state index in [1.54, 1.807) is 0 Å². The Kier molecular flexibility index (Phi) is 1.91. The van der Waals surface area contributed by atoms with Crippen LogP contribution in [0.5, 0.6) is 0 Å². The lowest BCUT2D eigenvalue weighted by Gasteiger charge is -1.84. The molecule has 0 bridgehead atoms. The Balaban J connectivity index is 2.99. The van der Waals surface area contributed by atoms with E-state index in [-0.39, 0.29) is 0 Å². The topological polar surface area (TPSA) is 86.2 Å². The second kappa shape index (κ2) is 2.71. The van der Waals surface area contributed by atoms with Crippen LogP contribution in [0.2, 0.25) is 0 Å². The monoisotopic (exact) mass is 170 g/mol. The number of carbonyl (C=O) groups is 2. The molecule has 1 aromatic rings. The van der Waals surface area contributed by atoms with Crippen LogP contribution in [0.15, 0.2) is 11.4 Å². The van der Waals surface area contributed by atoms with Gasteiger partial charge in [-0.1, -0.05) is 0 Å². The van der Waals surface area contributed by atoms with E-state index in [9.17, 15) is 9.59 Å². The maximum atomic E-state index is 10.5. The summed E-state index contributed by atoms with van der Waals surface area (Å²) in [6, 6.07) is 1.38. The quantitative estimate of drug-likeness (QED) is 0.651. The van der Waals surface area contributed by atoms with Crippen LogP contribution in [-0.4, -0.2) is 11.8 Å². The van der Waals surface area contributed by atoms with Crippen molar-refractivity contribution in [3.63, 3.8) is 0 Å². The predicted molar refractivity (Wildman–Crippen MR) is 41.4 cm³/mol. The summed E-state index contributed by atoms with van der Waals surface area (Å²) in [7, 11) is 0. The maximum absolute atomic E-state index is 10.5. The molecule has 0 spiro atoms. The number of amides is 2. The lowest BCUT2D eigenvalue weighted by Crippen LogP contribution is -2.11. The van der Waals surface area contributed by atoms with Crippen molar-refractivity contribution in [2.24, 2.45) is 11.5 Å². The molecule has 0 radical (unpaired) electrons. The Hall–Kier alpha value is -1.36. The van der Waals surface area contributed by atoms with Gasteiger partial charge >= 0.3 is 0 Å². The normalized spacial score (nSPS) is 9.45. The Morgan fingerprint density at radius 2 is 1.91 bits per heavy atom. The summed E-state index contributed by atoms with van der Waals surface area (Å²) in [5, 5.41) is 1.50. The fourth-order valence-electron chi connectivity index (χ4n) is 0.595. The van der Waals surface area contributed by atoms with E-state index in [1.165, 1.54) is 11.4 Å². The van der Waals surface area contributed by atoms with Gasteiger partial charge in [0.2, 0.25) is 5.91 Å². The zero-order valence-corrected chi connectivity index (χ0v) is 6.35. The number of rotatable bonds is 2.